The lowest BCUT2D eigenvalue weighted by atomic mass is 9.39. The predicted molar refractivity (Wildman–Crippen MR) is 355 cm³/mol. The Labute approximate surface area is 555 Å². The van der Waals surface area contributed by atoms with E-state index in [1.54, 1.807) is 31.2 Å². The SMILES string of the molecule is CC[C@@H]1OC(=O)[C@H](c2cc[nH]c2)[C@@H]1[C@H]1C#CC[C@@H]2C[C@@]3(O)C4=C5N[C@H](CO)C(=O)C[C@@H](c6ccc(O)cc6)CSSC[C@H]6[C@@H](O)[C@@H](O)C[C@@](C7CCCCC7)([C@@H]6C5=O)[C@H]4CC[C@]3(CCN=C(N)N)[C@H]2[C@@](C)(O)[C@H](O)C[C@@H](C(O)O)[C@H]2[C@@H]3[C@H]1CC[C@H]2C=C1CC[C@@H](C)C[C@@H]13. The van der Waals surface area contributed by atoms with Gasteiger partial charge in [0.05, 0.1) is 47.7 Å². The number of hydrogen-bond acceptors (Lipinski definition) is 17. The van der Waals surface area contributed by atoms with Crippen molar-refractivity contribution in [3.05, 3.63) is 76.8 Å². The molecule has 2 aliphatic heterocycles. The quantitative estimate of drug-likeness (QED) is 0.0214. The van der Waals surface area contributed by atoms with Gasteiger partial charge in [0.15, 0.2) is 23.8 Å². The number of rotatable bonds is 10. The number of allylic oxidation sites excluding steroid dienone is 3. The molecule has 6 bridgehead atoms. The number of nitrogens with zero attached hydrogens (tertiary/aromatic N) is 1. The maximum Gasteiger partial charge on any atom is 0.314 e. The van der Waals surface area contributed by atoms with Crippen molar-refractivity contribution < 1.29 is 65.1 Å². The minimum Gasteiger partial charge on any atom is -0.508 e. The van der Waals surface area contributed by atoms with Crippen LogP contribution in [-0.4, -0.2) is 147 Å². The minimum absolute atomic E-state index is 0.0105. The van der Waals surface area contributed by atoms with Crippen LogP contribution in [0.2, 0.25) is 0 Å². The Kier molecular flexibility index (Phi) is 19.1. The largest absolute Gasteiger partial charge is 0.508 e. The minimum atomic E-state index is -2.12. The standard InChI is InChI=1S/C73H101N5O13S2/c1-4-55-60(58(68(88)91-55)42-22-25-76-33-42)46-12-8-9-41-31-73(90)62-51(21-23-71(73,24-26-77-69(74)75)66(41)70(3,89)56(83)30-49(67(86)87)57-40-17-20-47(46)59(57)48-27-37(2)13-14-39(48)28-40)72(44-10-6-5-7-11-44)32-54(82)64(84)50-36-93-92-35-43(38-15-18-45(80)19-16-38)29-53(81)52(34-79)78-63(62)65(85)61(50)72/h15-16,18-19,22,25,28,33,37,40-41,43-44,46-52,54-61,64,66-67,76,78-80,82-84,86-87,89-90H,4-7,9-11,13-14,17,20-21,23-24,26-27,29-32,34-36H2,1-3H3,(H4,74,75,77)/t37-,40+,41-,43-,46+,47+,48+,49-,50-,51+,52-,54+,55+,56-,57+,58-,59-,60-,61+,64-,66-,70+,71+,72+,73-/m1/s1. The Morgan fingerprint density at radius 1 is 0.903 bits per heavy atom. The Bertz CT molecular complexity index is 3250. The molecular weight excluding hydrogens is 1220 g/mol. The summed E-state index contributed by atoms with van der Waals surface area (Å²) in [7, 11) is 3.02. The number of aliphatic hydroxyl groups is 8. The van der Waals surface area contributed by atoms with E-state index in [4.69, 9.17) is 16.2 Å². The lowest BCUT2D eigenvalue weighted by molar-refractivity contribution is -0.210. The number of Topliss-reactive ketones (excluding diaryl/α,β-unsaturated/α-hetero) is 2. The summed E-state index contributed by atoms with van der Waals surface area (Å²) in [5.41, 5.74) is 8.98. The predicted octanol–water partition coefficient (Wildman–Crippen LogP) is 7.12. The Morgan fingerprint density at radius 2 is 1.67 bits per heavy atom. The van der Waals surface area contributed by atoms with E-state index in [9.17, 15) is 45.6 Å². The van der Waals surface area contributed by atoms with Crippen LogP contribution in [0.5, 0.6) is 5.75 Å². The molecule has 3 heterocycles. The number of fused-ring (bicyclic) bond motifs is 8. The molecule has 8 fully saturated rings. The number of H-pyrrole nitrogens is 1. The molecule has 1 aromatic heterocycles. The van der Waals surface area contributed by atoms with Gasteiger partial charge in [0.25, 0.3) is 0 Å². The van der Waals surface area contributed by atoms with Crippen LogP contribution in [0.15, 0.2) is 70.6 Å². The zero-order valence-corrected chi connectivity index (χ0v) is 55.9. The number of guanidine groups is 1. The van der Waals surface area contributed by atoms with Gasteiger partial charge in [-0.1, -0.05) is 84.4 Å². The number of aromatic amines is 1. The number of benzene rings is 1. The van der Waals surface area contributed by atoms with Gasteiger partial charge in [-0.25, -0.2) is 0 Å². The molecule has 15 N–H and O–H groups in total. The van der Waals surface area contributed by atoms with Crippen LogP contribution < -0.4 is 16.8 Å². The van der Waals surface area contributed by atoms with E-state index in [1.165, 1.54) is 27.2 Å². The highest BCUT2D eigenvalue weighted by atomic mass is 33.1. The normalized spacial score (nSPS) is 44.5. The van der Waals surface area contributed by atoms with E-state index in [0.717, 1.165) is 75.3 Å². The van der Waals surface area contributed by atoms with Gasteiger partial charge >= 0.3 is 5.97 Å². The molecule has 0 radical (unpaired) electrons. The highest BCUT2D eigenvalue weighted by Gasteiger charge is 2.76. The Morgan fingerprint density at radius 3 is 2.38 bits per heavy atom. The van der Waals surface area contributed by atoms with Crippen LogP contribution in [0.4, 0.5) is 0 Å². The Balaban J connectivity index is 1.03. The number of nitrogens with one attached hydrogen (secondary N) is 2. The van der Waals surface area contributed by atoms with Gasteiger partial charge in [0.1, 0.15) is 17.9 Å². The van der Waals surface area contributed by atoms with E-state index in [0.29, 0.717) is 30.1 Å². The molecular formula is C73H101N5O13S2. The van der Waals surface area contributed by atoms with E-state index in [-0.39, 0.29) is 122 Å². The maximum absolute atomic E-state index is 16.9. The third kappa shape index (κ3) is 11.4. The molecule has 11 aliphatic rings. The summed E-state index contributed by atoms with van der Waals surface area (Å²) in [4.78, 5) is 54.4. The van der Waals surface area contributed by atoms with Gasteiger partial charge in [-0.05, 0) is 190 Å². The van der Waals surface area contributed by atoms with E-state index < -0.39 is 130 Å². The van der Waals surface area contributed by atoms with Gasteiger partial charge in [0.2, 0.25) is 0 Å². The van der Waals surface area contributed by atoms with Gasteiger partial charge < -0.3 is 72.5 Å². The lowest BCUT2D eigenvalue weighted by Gasteiger charge is -2.66. The van der Waals surface area contributed by atoms with Gasteiger partial charge in [-0.3, -0.25) is 19.4 Å². The summed E-state index contributed by atoms with van der Waals surface area (Å²) in [6.07, 6.45) is 9.09. The molecule has 9 aliphatic carbocycles. The first-order valence-corrected chi connectivity index (χ1v) is 37.7. The number of phenolic OH excluding ortho intramolecular Hbond substituents is 1. The average Bonchev–Trinajstić information content (AvgIpc) is 1.52. The molecule has 2 saturated heterocycles. The van der Waals surface area contributed by atoms with Crippen LogP contribution in [0.1, 0.15) is 166 Å². The molecule has 13 rings (SSSR count). The lowest BCUT2D eigenvalue weighted by Crippen LogP contribution is -2.69. The van der Waals surface area contributed by atoms with E-state index >= 15 is 14.7 Å². The maximum atomic E-state index is 16.9. The zero-order valence-electron chi connectivity index (χ0n) is 54.2. The molecule has 6 saturated carbocycles. The second-order valence-electron chi connectivity index (χ2n) is 31.0. The number of carbonyl (C=O) groups excluding carboxylic acids is 3. The molecule has 0 unspecified atom stereocenters. The summed E-state index contributed by atoms with van der Waals surface area (Å²) in [5, 5.41) is 118. The Hall–Kier alpha value is -4.40. The monoisotopic (exact) mass is 1320 g/mol. The fourth-order valence-corrected chi connectivity index (χ4v) is 25.7. The molecule has 20 heteroatoms. The zero-order chi connectivity index (χ0) is 65.6. The van der Waals surface area contributed by atoms with Crippen LogP contribution in [-0.2, 0) is 19.1 Å². The van der Waals surface area contributed by atoms with Gasteiger partial charge in [0, 0.05) is 90.1 Å². The fourth-order valence-electron chi connectivity index (χ4n) is 23.0. The molecule has 2 aromatic rings. The summed E-state index contributed by atoms with van der Waals surface area (Å²) in [5.74, 6) is -0.0657. The summed E-state index contributed by atoms with van der Waals surface area (Å²) < 4.78 is 6.42. The van der Waals surface area contributed by atoms with Crippen molar-refractivity contribution in [1.29, 1.82) is 0 Å². The van der Waals surface area contributed by atoms with Gasteiger partial charge in [-0.2, -0.15) is 0 Å². The topological polar surface area (TPSA) is 335 Å². The van der Waals surface area contributed by atoms with Crippen molar-refractivity contribution >= 4 is 45.1 Å². The van der Waals surface area contributed by atoms with Crippen molar-refractivity contribution in [2.24, 2.45) is 116 Å². The number of ether oxygens (including phenoxy) is 1. The number of phenols is 1. The number of nitrogens with two attached hydrogens (primary N) is 2. The van der Waals surface area contributed by atoms with Crippen LogP contribution in [0.3, 0.4) is 0 Å². The number of ketones is 2. The van der Waals surface area contributed by atoms with Crippen LogP contribution >= 0.6 is 21.6 Å². The van der Waals surface area contributed by atoms with E-state index in [2.05, 4.69) is 40.1 Å². The van der Waals surface area contributed by atoms with Crippen LogP contribution in [0, 0.1) is 111 Å². The first-order chi connectivity index (χ1) is 44.6. The highest BCUT2D eigenvalue weighted by Crippen LogP contribution is 2.75. The molecule has 0 spiro atoms. The average molecular weight is 1320 g/mol. The number of aromatic nitrogens is 1. The van der Waals surface area contributed by atoms with Crippen molar-refractivity contribution in [3.8, 4) is 17.6 Å². The molecule has 25 atom stereocenters. The molecule has 1 aromatic carbocycles. The summed E-state index contributed by atoms with van der Waals surface area (Å²) in [6.45, 7) is 5.19. The summed E-state index contributed by atoms with van der Waals surface area (Å²) >= 11 is 0. The number of cyclic esters (lactones) is 1. The van der Waals surface area contributed by atoms with Crippen LogP contribution in [0.25, 0.3) is 0 Å². The number of aliphatic hydroxyl groups excluding tert-OH is 5. The first kappa shape index (κ1) is 67.2. The van der Waals surface area contributed by atoms with Crippen molar-refractivity contribution in [2.75, 3.05) is 24.7 Å². The molecule has 93 heavy (non-hydrogen) atoms. The first-order valence-electron chi connectivity index (χ1n) is 35.2. The number of aromatic hydroxyl groups is 1. The fraction of sp³-hybridized carbons (Fsp3) is 0.726. The molecule has 0 amide bonds. The number of esters is 1. The number of hydrogen-bond donors (Lipinski definition) is 13. The molecule has 508 valence electrons. The third-order valence-electron chi connectivity index (χ3n) is 26.6. The highest BCUT2D eigenvalue weighted by molar-refractivity contribution is 8.76. The van der Waals surface area contributed by atoms with Gasteiger partial charge in [-0.15, -0.1) is 5.92 Å². The van der Waals surface area contributed by atoms with Crippen molar-refractivity contribution in [2.45, 2.75) is 203 Å². The molecule has 18 nitrogen and oxygen atoms in total. The number of carbonyl (C=O) groups is 3. The second kappa shape index (κ2) is 26.5. The third-order valence-corrected chi connectivity index (χ3v) is 29.2. The van der Waals surface area contributed by atoms with Crippen molar-refractivity contribution in [3.63, 3.8) is 0 Å². The summed E-state index contributed by atoms with van der Waals surface area (Å²) in [6, 6.07) is 7.28. The smallest absolute Gasteiger partial charge is 0.314 e. The second-order valence-corrected chi connectivity index (χ2v) is 33.5. The van der Waals surface area contributed by atoms with E-state index in [1.807, 2.05) is 25.4 Å². The van der Waals surface area contributed by atoms with Crippen molar-refractivity contribution in [1.82, 2.24) is 10.3 Å². The number of aliphatic imine (C=N–C) groups is 1.